The molecule has 2 aromatic carbocycles. The molecule has 3 fully saturated rings. The molecule has 2 N–H and O–H groups in total. The van der Waals surface area contributed by atoms with E-state index in [-0.39, 0.29) is 25.8 Å². The molecule has 0 spiro atoms. The number of carbonyl (C=O) groups excluding carboxylic acids is 4. The number of fused-ring (bicyclic) bond motifs is 3. The number of aromatic nitrogens is 1. The topological polar surface area (TPSA) is 174 Å². The first-order valence-electron chi connectivity index (χ1n) is 19.4. The highest BCUT2D eigenvalue weighted by Crippen LogP contribution is 2.46. The lowest BCUT2D eigenvalue weighted by Gasteiger charge is -2.35. The average molecular weight is 799 g/mol. The van der Waals surface area contributed by atoms with Crippen LogP contribution >= 0.6 is 0 Å². The Morgan fingerprint density at radius 1 is 1.04 bits per heavy atom. The number of benzene rings is 2. The van der Waals surface area contributed by atoms with Crippen LogP contribution in [0.5, 0.6) is 5.75 Å². The fourth-order valence-corrected chi connectivity index (χ4v) is 8.95. The maximum Gasteiger partial charge on any atom is 0.307 e. The maximum absolute atomic E-state index is 14.8. The van der Waals surface area contributed by atoms with Crippen molar-refractivity contribution >= 4 is 55.8 Å². The van der Waals surface area contributed by atoms with Crippen molar-refractivity contribution in [2.24, 2.45) is 17.3 Å². The molecule has 302 valence electrons. The van der Waals surface area contributed by atoms with Gasteiger partial charge in [0.2, 0.25) is 21.8 Å². The van der Waals surface area contributed by atoms with Crippen molar-refractivity contribution in [3.63, 3.8) is 0 Å². The highest BCUT2D eigenvalue weighted by Gasteiger charge is 2.62. The van der Waals surface area contributed by atoms with Crippen LogP contribution in [-0.2, 0) is 33.9 Å². The lowest BCUT2D eigenvalue weighted by atomic mass is 9.77. The average Bonchev–Trinajstić information content (AvgIpc) is 4.04. The Labute approximate surface area is 332 Å². The molecule has 1 saturated heterocycles. The molecule has 1 aliphatic heterocycles. The van der Waals surface area contributed by atoms with E-state index in [2.05, 4.69) is 16.6 Å². The fraction of sp³-hybridized carbons (Fsp3) is 0.465. The summed E-state index contributed by atoms with van der Waals surface area (Å²) in [6.07, 6.45) is 1.60. The highest BCUT2D eigenvalue weighted by molar-refractivity contribution is 7.91. The Morgan fingerprint density at radius 3 is 2.35 bits per heavy atom. The summed E-state index contributed by atoms with van der Waals surface area (Å²) in [5, 5.41) is 2.97. The predicted molar refractivity (Wildman–Crippen MR) is 214 cm³/mol. The van der Waals surface area contributed by atoms with Crippen LogP contribution in [0.2, 0.25) is 0 Å². The summed E-state index contributed by atoms with van der Waals surface area (Å²) in [4.78, 5) is 62.4. The number of nitrogens with zero attached hydrogens (tertiary/aromatic N) is 2. The summed E-state index contributed by atoms with van der Waals surface area (Å²) in [6.45, 7) is 14.5. The molecule has 4 aromatic rings. The monoisotopic (exact) mass is 798 g/mol. The van der Waals surface area contributed by atoms with Gasteiger partial charge < -0.3 is 24.1 Å². The van der Waals surface area contributed by atoms with E-state index < -0.39 is 79.5 Å². The molecular formula is C43H50N4O9S. The summed E-state index contributed by atoms with van der Waals surface area (Å²) in [6, 6.07) is 17.7. The molecule has 13 nitrogen and oxygen atoms in total. The molecular weight excluding hydrogens is 749 g/mol. The number of amides is 3. The van der Waals surface area contributed by atoms with E-state index in [0.717, 1.165) is 10.9 Å². The van der Waals surface area contributed by atoms with Gasteiger partial charge in [-0.3, -0.25) is 23.9 Å². The molecule has 0 unspecified atom stereocenters. The first kappa shape index (κ1) is 40.0. The van der Waals surface area contributed by atoms with Crippen molar-refractivity contribution in [3.8, 4) is 17.0 Å². The number of rotatable bonds is 12. The Bertz CT molecular complexity index is 2360. The molecule has 3 amide bonds. The maximum atomic E-state index is 14.8. The lowest BCUT2D eigenvalue weighted by Crippen LogP contribution is -2.57. The van der Waals surface area contributed by atoms with Crippen LogP contribution in [0.1, 0.15) is 73.6 Å². The number of para-hydroxylation sites is 1. The molecule has 2 saturated carbocycles. The molecule has 7 rings (SSSR count). The number of carbonyl (C=O) groups is 4. The van der Waals surface area contributed by atoms with Gasteiger partial charge in [0, 0.05) is 29.4 Å². The van der Waals surface area contributed by atoms with E-state index in [4.69, 9.17) is 18.9 Å². The van der Waals surface area contributed by atoms with Crippen LogP contribution < -0.4 is 14.8 Å². The zero-order chi connectivity index (χ0) is 41.1. The van der Waals surface area contributed by atoms with Gasteiger partial charge in [0.05, 0.1) is 29.8 Å². The molecule has 3 heterocycles. The van der Waals surface area contributed by atoms with E-state index in [1.807, 2.05) is 75.4 Å². The number of furan rings is 1. The first-order chi connectivity index (χ1) is 26.8. The van der Waals surface area contributed by atoms with E-state index >= 15 is 0 Å². The van der Waals surface area contributed by atoms with Crippen LogP contribution in [0.3, 0.4) is 0 Å². The van der Waals surface area contributed by atoms with Crippen LogP contribution in [0.15, 0.2) is 77.7 Å². The van der Waals surface area contributed by atoms with Gasteiger partial charge in [0.15, 0.2) is 11.3 Å². The zero-order valence-corrected chi connectivity index (χ0v) is 34.0. The third-order valence-electron chi connectivity index (χ3n) is 10.9. The van der Waals surface area contributed by atoms with Gasteiger partial charge in [-0.15, -0.1) is 6.58 Å². The molecule has 0 radical (unpaired) electrons. The van der Waals surface area contributed by atoms with Crippen LogP contribution in [0.25, 0.3) is 33.3 Å². The van der Waals surface area contributed by atoms with E-state index in [1.165, 1.54) is 11.0 Å². The minimum absolute atomic E-state index is 0.0163. The van der Waals surface area contributed by atoms with Crippen LogP contribution in [0.4, 0.5) is 0 Å². The Hall–Kier alpha value is -5.24. The Morgan fingerprint density at radius 2 is 1.72 bits per heavy atom. The molecule has 3 aliphatic rings. The quantitative estimate of drug-likeness (QED) is 0.127. The smallest absolute Gasteiger partial charge is 0.307 e. The van der Waals surface area contributed by atoms with Gasteiger partial charge in [-0.1, -0.05) is 69.3 Å². The van der Waals surface area contributed by atoms with Crippen molar-refractivity contribution in [1.82, 2.24) is 19.9 Å². The second-order valence-electron chi connectivity index (χ2n) is 17.5. The van der Waals surface area contributed by atoms with Gasteiger partial charge in [0.25, 0.3) is 5.91 Å². The van der Waals surface area contributed by atoms with Crippen molar-refractivity contribution in [3.05, 3.63) is 73.3 Å². The summed E-state index contributed by atoms with van der Waals surface area (Å²) in [5.74, 6) is -3.57. The second-order valence-corrected chi connectivity index (χ2v) is 19.5. The molecule has 2 aliphatic carbocycles. The summed E-state index contributed by atoms with van der Waals surface area (Å²) >= 11 is 0. The highest BCUT2D eigenvalue weighted by atomic mass is 32.2. The molecule has 5 atom stereocenters. The fourth-order valence-electron chi connectivity index (χ4n) is 7.58. The van der Waals surface area contributed by atoms with Gasteiger partial charge in [-0.05, 0) is 57.6 Å². The largest absolute Gasteiger partial charge is 0.484 e. The molecule has 0 bridgehead atoms. The minimum Gasteiger partial charge on any atom is -0.484 e. The SMILES string of the molecule is C=C[C@@H]1C[C@]1(NC(=O)[C@@H]1C[C@@H](Oc2cc(-c3ccccc3)nc3c2oc2ccccc23)CN1C(=O)[C@@H](CC(=O)OC(C)(C)C)C(C)(C)C)C(=O)NS(=O)(=O)C1CC1. The second kappa shape index (κ2) is 14.6. The standard InChI is InChI=1S/C43H50N4O9S/c1-8-26-23-43(26,40(51)46-57(52,53)28-18-19-28)45-38(49)32-20-27(24-47(32)39(50)30(41(2,3)4)21-35(48)56-42(5,6)7)54-34-22-31(25-14-10-9-11-15-25)44-36-29-16-12-13-17-33(29)55-37(34)36/h8-17,22,26-28,30,32H,1,18-21,23-24H2,2-7H3,(H,45,49)(H,46,51)/t26-,27-,30-,32+,43-/m1/s1. The Balaban J connectivity index is 1.24. The number of sulfonamides is 1. The van der Waals surface area contributed by atoms with E-state index in [9.17, 15) is 27.6 Å². The predicted octanol–water partition coefficient (Wildman–Crippen LogP) is 6.06. The summed E-state index contributed by atoms with van der Waals surface area (Å²) in [7, 11) is -3.91. The summed E-state index contributed by atoms with van der Waals surface area (Å²) < 4.78 is 46.4. The third kappa shape index (κ3) is 8.28. The number of hydrogen-bond donors (Lipinski definition) is 2. The van der Waals surface area contributed by atoms with E-state index in [1.54, 1.807) is 26.8 Å². The van der Waals surface area contributed by atoms with Gasteiger partial charge >= 0.3 is 5.97 Å². The third-order valence-corrected chi connectivity index (χ3v) is 12.7. The number of esters is 1. The van der Waals surface area contributed by atoms with Gasteiger partial charge in [-0.25, -0.2) is 13.4 Å². The number of pyridine rings is 1. The van der Waals surface area contributed by atoms with Gasteiger partial charge in [-0.2, -0.15) is 0 Å². The van der Waals surface area contributed by atoms with Crippen molar-refractivity contribution in [2.75, 3.05) is 6.54 Å². The van der Waals surface area contributed by atoms with Crippen molar-refractivity contribution in [1.29, 1.82) is 0 Å². The summed E-state index contributed by atoms with van der Waals surface area (Å²) in [5.41, 5.74) is 0.00340. The Kier molecular flexibility index (Phi) is 10.2. The molecule has 2 aromatic heterocycles. The van der Waals surface area contributed by atoms with Crippen LogP contribution in [-0.4, -0.2) is 77.1 Å². The van der Waals surface area contributed by atoms with Gasteiger partial charge in [0.1, 0.15) is 34.4 Å². The van der Waals surface area contributed by atoms with Crippen molar-refractivity contribution < 1.29 is 41.5 Å². The number of hydrogen-bond acceptors (Lipinski definition) is 10. The van der Waals surface area contributed by atoms with E-state index in [0.29, 0.717) is 41.0 Å². The van der Waals surface area contributed by atoms with Crippen LogP contribution in [0, 0.1) is 17.3 Å². The molecule has 57 heavy (non-hydrogen) atoms. The minimum atomic E-state index is -3.91. The first-order valence-corrected chi connectivity index (χ1v) is 20.9. The number of ether oxygens (including phenoxy) is 2. The number of likely N-dealkylation sites (tertiary alicyclic amines) is 1. The van der Waals surface area contributed by atoms with Crippen molar-refractivity contribution in [2.45, 2.75) is 102 Å². The molecule has 14 heteroatoms. The zero-order valence-electron chi connectivity index (χ0n) is 33.2. The normalized spacial score (nSPS) is 22.8. The number of nitrogens with one attached hydrogen (secondary N) is 2. The lowest BCUT2D eigenvalue weighted by molar-refractivity contribution is -0.161.